The molecule has 1 aliphatic heterocycles. The van der Waals surface area contributed by atoms with Gasteiger partial charge in [-0.15, -0.1) is 0 Å². The van der Waals surface area contributed by atoms with E-state index in [1.54, 1.807) is 17.0 Å². The van der Waals surface area contributed by atoms with E-state index in [1.807, 2.05) is 6.92 Å². The average Bonchev–Trinajstić information content (AvgIpc) is 3.35. The number of pyridine rings is 1. The van der Waals surface area contributed by atoms with Gasteiger partial charge in [-0.3, -0.25) is 14.2 Å². The van der Waals surface area contributed by atoms with E-state index in [0.717, 1.165) is 11.6 Å². The molecule has 2 aromatic rings. The van der Waals surface area contributed by atoms with Gasteiger partial charge in [0.1, 0.15) is 5.82 Å². The van der Waals surface area contributed by atoms with E-state index in [0.29, 0.717) is 13.2 Å². The number of rotatable bonds is 5. The maximum atomic E-state index is 13.2. The smallest absolute Gasteiger partial charge is 0.275 e. The van der Waals surface area contributed by atoms with Crippen molar-refractivity contribution in [2.45, 2.75) is 25.6 Å². The normalized spacial score (nSPS) is 23.1. The Bertz CT molecular complexity index is 956. The molecule has 0 saturated heterocycles. The second-order valence-corrected chi connectivity index (χ2v) is 6.80. The highest BCUT2D eigenvalue weighted by molar-refractivity contribution is 5.97. The van der Waals surface area contributed by atoms with Gasteiger partial charge in [-0.05, 0) is 24.6 Å². The minimum atomic E-state index is -0.623. The number of hydrogen-bond acceptors (Lipinski definition) is 5. The van der Waals surface area contributed by atoms with Crippen LogP contribution in [-0.4, -0.2) is 44.8 Å². The fourth-order valence-electron chi connectivity index (χ4n) is 3.88. The molecule has 1 aliphatic carbocycles. The molecule has 2 aliphatic rings. The molecule has 1 aromatic heterocycles. The molecule has 142 valence electrons. The van der Waals surface area contributed by atoms with Gasteiger partial charge in [0, 0.05) is 25.1 Å². The minimum absolute atomic E-state index is 0.0998. The predicted octanol–water partition coefficient (Wildman–Crippen LogP) is 1.63. The Morgan fingerprint density at radius 3 is 2.52 bits per heavy atom. The van der Waals surface area contributed by atoms with Crippen LogP contribution >= 0.6 is 0 Å². The van der Waals surface area contributed by atoms with Crippen molar-refractivity contribution in [2.24, 2.45) is 5.92 Å². The molecule has 2 N–H and O–H groups in total. The summed E-state index contributed by atoms with van der Waals surface area (Å²) in [6, 6.07) is 6.12. The van der Waals surface area contributed by atoms with Crippen LogP contribution in [0.4, 0.5) is 4.39 Å². The number of amides is 1. The summed E-state index contributed by atoms with van der Waals surface area (Å²) in [4.78, 5) is 27.0. The first-order valence-corrected chi connectivity index (χ1v) is 8.74. The molecule has 1 saturated carbocycles. The Hall–Kier alpha value is -2.87. The highest BCUT2D eigenvalue weighted by atomic mass is 19.1. The summed E-state index contributed by atoms with van der Waals surface area (Å²) in [5.74, 6) is -2.25. The first kappa shape index (κ1) is 17.5. The summed E-state index contributed by atoms with van der Waals surface area (Å²) in [6.45, 7) is 2.93. The molecule has 27 heavy (non-hydrogen) atoms. The van der Waals surface area contributed by atoms with E-state index in [1.165, 1.54) is 16.7 Å². The topological polar surface area (TPSA) is 92.0 Å². The van der Waals surface area contributed by atoms with Gasteiger partial charge in [0.25, 0.3) is 11.5 Å². The lowest BCUT2D eigenvalue weighted by molar-refractivity contribution is 0.0655. The molecule has 0 bridgehead atoms. The number of aromatic nitrogens is 1. The third kappa shape index (κ3) is 2.76. The van der Waals surface area contributed by atoms with Crippen LogP contribution in [0.15, 0.2) is 35.1 Å². The Morgan fingerprint density at radius 2 is 1.85 bits per heavy atom. The summed E-state index contributed by atoms with van der Waals surface area (Å²) in [6.07, 6.45) is 0. The molecule has 0 spiro atoms. The van der Waals surface area contributed by atoms with Crippen LogP contribution in [0.5, 0.6) is 11.5 Å². The van der Waals surface area contributed by atoms with E-state index < -0.39 is 23.0 Å². The number of carbonyl (C=O) groups is 1. The SMILES string of the molecule is CCOCC1C2[C@H]1n1c(c(O)c(O)cc1=O)C(=O)N2Cc1ccc(F)cc1. The van der Waals surface area contributed by atoms with Crippen LogP contribution < -0.4 is 5.56 Å². The molecule has 7 nitrogen and oxygen atoms in total. The highest BCUT2D eigenvalue weighted by Crippen LogP contribution is 2.52. The number of fused-ring (bicyclic) bond motifs is 3. The number of benzene rings is 1. The van der Waals surface area contributed by atoms with Crippen molar-refractivity contribution >= 4 is 5.91 Å². The third-order valence-corrected chi connectivity index (χ3v) is 5.19. The van der Waals surface area contributed by atoms with Crippen molar-refractivity contribution in [2.75, 3.05) is 13.2 Å². The zero-order valence-corrected chi connectivity index (χ0v) is 14.6. The predicted molar refractivity (Wildman–Crippen MR) is 93.1 cm³/mol. The van der Waals surface area contributed by atoms with Crippen LogP contribution in [0.1, 0.15) is 29.0 Å². The summed E-state index contributed by atoms with van der Waals surface area (Å²) < 4.78 is 19.9. The number of carbonyl (C=O) groups excluding carboxylic acids is 1. The lowest BCUT2D eigenvalue weighted by atomic mass is 10.1. The third-order valence-electron chi connectivity index (χ3n) is 5.19. The van der Waals surface area contributed by atoms with Crippen LogP contribution in [0.2, 0.25) is 0 Å². The largest absolute Gasteiger partial charge is 0.504 e. The Morgan fingerprint density at radius 1 is 1.15 bits per heavy atom. The van der Waals surface area contributed by atoms with Gasteiger partial charge in [0.15, 0.2) is 17.2 Å². The van der Waals surface area contributed by atoms with Gasteiger partial charge < -0.3 is 19.8 Å². The van der Waals surface area contributed by atoms with Crippen LogP contribution in [0.3, 0.4) is 0 Å². The van der Waals surface area contributed by atoms with Crippen LogP contribution in [-0.2, 0) is 11.3 Å². The van der Waals surface area contributed by atoms with Crippen molar-refractivity contribution in [3.05, 3.63) is 57.8 Å². The molecule has 3 atom stereocenters. The molecular weight excluding hydrogens is 355 g/mol. The van der Waals surface area contributed by atoms with Crippen molar-refractivity contribution < 1.29 is 24.1 Å². The van der Waals surface area contributed by atoms with E-state index in [-0.39, 0.29) is 36.1 Å². The van der Waals surface area contributed by atoms with Crippen molar-refractivity contribution in [3.8, 4) is 11.5 Å². The Labute approximate surface area is 154 Å². The molecular formula is C19H19FN2O5. The maximum absolute atomic E-state index is 13.2. The lowest BCUT2D eigenvalue weighted by Crippen LogP contribution is -2.42. The van der Waals surface area contributed by atoms with Gasteiger partial charge >= 0.3 is 0 Å². The highest BCUT2D eigenvalue weighted by Gasteiger charge is 2.61. The first-order chi connectivity index (χ1) is 12.9. The fourth-order valence-corrected chi connectivity index (χ4v) is 3.88. The quantitative estimate of drug-likeness (QED) is 0.830. The average molecular weight is 374 g/mol. The summed E-state index contributed by atoms with van der Waals surface area (Å²) in [5, 5.41) is 20.0. The number of aromatic hydroxyl groups is 2. The van der Waals surface area contributed by atoms with Gasteiger partial charge in [-0.25, -0.2) is 4.39 Å². The van der Waals surface area contributed by atoms with E-state index in [9.17, 15) is 24.2 Å². The molecule has 1 fully saturated rings. The maximum Gasteiger partial charge on any atom is 0.275 e. The summed E-state index contributed by atoms with van der Waals surface area (Å²) in [5.41, 5.74) is -0.0348. The molecule has 2 heterocycles. The zero-order chi connectivity index (χ0) is 19.3. The fraction of sp³-hybridized carbons (Fsp3) is 0.368. The second kappa shape index (κ2) is 6.38. The first-order valence-electron chi connectivity index (χ1n) is 8.74. The van der Waals surface area contributed by atoms with E-state index in [4.69, 9.17) is 4.74 Å². The standard InChI is InChI=1S/C19H19FN2O5/c1-2-27-9-12-15-16(12)22-14(24)7-13(23)18(25)17(22)19(26)21(15)8-10-3-5-11(20)6-4-10/h3-7,12,15-16,23,25H,2,8-9H2,1H3/t12?,15?,16-/m0/s1. The molecule has 8 heteroatoms. The molecule has 0 radical (unpaired) electrons. The van der Waals surface area contributed by atoms with E-state index in [2.05, 4.69) is 0 Å². The minimum Gasteiger partial charge on any atom is -0.504 e. The van der Waals surface area contributed by atoms with Crippen molar-refractivity contribution in [1.82, 2.24) is 9.47 Å². The van der Waals surface area contributed by atoms with Crippen molar-refractivity contribution in [3.63, 3.8) is 0 Å². The lowest BCUT2D eigenvalue weighted by Gasteiger charge is -2.29. The monoisotopic (exact) mass is 374 g/mol. The van der Waals surface area contributed by atoms with Crippen LogP contribution in [0.25, 0.3) is 0 Å². The van der Waals surface area contributed by atoms with Gasteiger partial charge in [0.2, 0.25) is 0 Å². The summed E-state index contributed by atoms with van der Waals surface area (Å²) in [7, 11) is 0. The second-order valence-electron chi connectivity index (χ2n) is 6.80. The van der Waals surface area contributed by atoms with Gasteiger partial charge in [-0.2, -0.15) is 0 Å². The van der Waals surface area contributed by atoms with Gasteiger partial charge in [-0.1, -0.05) is 12.1 Å². The molecule has 1 aromatic carbocycles. The number of hydrogen-bond donors (Lipinski definition) is 2. The number of ether oxygens (including phenoxy) is 1. The zero-order valence-electron chi connectivity index (χ0n) is 14.6. The Balaban J connectivity index is 1.76. The number of nitrogens with zero attached hydrogens (tertiary/aromatic N) is 2. The summed E-state index contributed by atoms with van der Waals surface area (Å²) >= 11 is 0. The van der Waals surface area contributed by atoms with Gasteiger partial charge in [0.05, 0.1) is 18.7 Å². The number of halogens is 1. The molecule has 4 rings (SSSR count). The van der Waals surface area contributed by atoms with E-state index >= 15 is 0 Å². The van der Waals surface area contributed by atoms with Crippen LogP contribution in [0, 0.1) is 11.7 Å². The Kier molecular flexibility index (Phi) is 4.15. The van der Waals surface area contributed by atoms with Crippen molar-refractivity contribution in [1.29, 1.82) is 0 Å². The molecule has 2 unspecified atom stereocenters. The molecule has 1 amide bonds.